The molecule has 0 saturated carbocycles. The summed E-state index contributed by atoms with van der Waals surface area (Å²) in [6.45, 7) is 0.850. The van der Waals surface area contributed by atoms with E-state index in [0.717, 1.165) is 0 Å². The van der Waals surface area contributed by atoms with Gasteiger partial charge in [0, 0.05) is 14.0 Å². The average molecular weight is 175 g/mol. The molecule has 0 aromatic carbocycles. The Kier molecular flexibility index (Phi) is 4.98. The number of rotatable bonds is 4. The van der Waals surface area contributed by atoms with Gasteiger partial charge in [0.1, 0.15) is 6.04 Å². The summed E-state index contributed by atoms with van der Waals surface area (Å²) in [5.74, 6) is -0.837. The molecule has 1 unspecified atom stereocenters. The van der Waals surface area contributed by atoms with Gasteiger partial charge >= 0.3 is 0 Å². The van der Waals surface area contributed by atoms with E-state index >= 15 is 0 Å². The van der Waals surface area contributed by atoms with Crippen LogP contribution in [0.1, 0.15) is 6.92 Å². The summed E-state index contributed by atoms with van der Waals surface area (Å²) in [7, 11) is 1.51. The van der Waals surface area contributed by atoms with E-state index in [1.54, 1.807) is 0 Å². The van der Waals surface area contributed by atoms with Gasteiger partial charge in [0.05, 0.1) is 6.61 Å². The number of aliphatic hydroxyl groups is 1. The lowest BCUT2D eigenvalue weighted by Crippen LogP contribution is -2.51. The minimum Gasteiger partial charge on any atom is -0.394 e. The van der Waals surface area contributed by atoms with Gasteiger partial charge < -0.3 is 10.4 Å². The predicted octanol–water partition coefficient (Wildman–Crippen LogP) is -2.27. The minimum absolute atomic E-state index is 0.361. The van der Waals surface area contributed by atoms with E-state index in [1.165, 1.54) is 14.0 Å². The number of hydrazine groups is 1. The maximum atomic E-state index is 11.0. The van der Waals surface area contributed by atoms with Crippen LogP contribution in [0, 0.1) is 0 Å². The highest BCUT2D eigenvalue weighted by Crippen LogP contribution is 1.80. The van der Waals surface area contributed by atoms with E-state index < -0.39 is 18.6 Å². The van der Waals surface area contributed by atoms with E-state index in [1.807, 2.05) is 0 Å². The summed E-state index contributed by atoms with van der Waals surface area (Å²) in [6.07, 6.45) is 0. The van der Waals surface area contributed by atoms with Crippen LogP contribution in [0.4, 0.5) is 0 Å². The number of hydrogen-bond acceptors (Lipinski definition) is 4. The second kappa shape index (κ2) is 5.50. The molecule has 1 atom stereocenters. The van der Waals surface area contributed by atoms with Crippen LogP contribution < -0.4 is 16.2 Å². The lowest BCUT2D eigenvalue weighted by molar-refractivity contribution is -0.129. The molecule has 0 aliphatic heterocycles. The van der Waals surface area contributed by atoms with Crippen molar-refractivity contribution in [3.8, 4) is 0 Å². The van der Waals surface area contributed by atoms with Gasteiger partial charge in [0.25, 0.3) is 5.91 Å². The Morgan fingerprint density at radius 2 is 2.08 bits per heavy atom. The van der Waals surface area contributed by atoms with Crippen LogP contribution in [0.25, 0.3) is 0 Å². The molecule has 0 aromatic rings. The summed E-state index contributed by atoms with van der Waals surface area (Å²) in [4.78, 5) is 21.5. The monoisotopic (exact) mass is 175 g/mol. The molecule has 0 fully saturated rings. The van der Waals surface area contributed by atoms with Gasteiger partial charge in [-0.2, -0.15) is 0 Å². The van der Waals surface area contributed by atoms with Gasteiger partial charge in [-0.15, -0.1) is 0 Å². The van der Waals surface area contributed by atoms with Crippen molar-refractivity contribution >= 4 is 11.8 Å². The van der Waals surface area contributed by atoms with Crippen molar-refractivity contribution in [2.75, 3.05) is 13.7 Å². The van der Waals surface area contributed by atoms with Crippen LogP contribution in [-0.4, -0.2) is 36.6 Å². The molecule has 0 radical (unpaired) electrons. The molecule has 12 heavy (non-hydrogen) atoms. The largest absolute Gasteiger partial charge is 0.394 e. The zero-order valence-corrected chi connectivity index (χ0v) is 7.05. The normalized spacial score (nSPS) is 11.9. The van der Waals surface area contributed by atoms with E-state index in [-0.39, 0.29) is 5.91 Å². The highest BCUT2D eigenvalue weighted by atomic mass is 16.3. The number of carbonyl (C=O) groups excluding carboxylic acids is 2. The lowest BCUT2D eigenvalue weighted by Gasteiger charge is -2.13. The molecule has 70 valence electrons. The Morgan fingerprint density at radius 1 is 1.50 bits per heavy atom. The van der Waals surface area contributed by atoms with Crippen LogP contribution in [-0.2, 0) is 9.59 Å². The van der Waals surface area contributed by atoms with Crippen LogP contribution in [0.2, 0.25) is 0 Å². The third kappa shape index (κ3) is 3.89. The molecule has 2 amide bonds. The number of aliphatic hydroxyl groups excluding tert-OH is 1. The molecule has 0 bridgehead atoms. The fourth-order valence-electron chi connectivity index (χ4n) is 0.650. The molecule has 4 N–H and O–H groups in total. The summed E-state index contributed by atoms with van der Waals surface area (Å²) in [6, 6.07) is -0.894. The molecule has 6 nitrogen and oxygen atoms in total. The Hall–Kier alpha value is -1.14. The third-order valence-corrected chi connectivity index (χ3v) is 1.12. The Bertz CT molecular complexity index is 171. The number of hydrogen-bond donors (Lipinski definition) is 4. The van der Waals surface area contributed by atoms with Crippen molar-refractivity contribution in [1.29, 1.82) is 0 Å². The fourth-order valence-corrected chi connectivity index (χ4v) is 0.650. The van der Waals surface area contributed by atoms with Gasteiger partial charge in [-0.05, 0) is 0 Å². The number of amides is 2. The zero-order valence-electron chi connectivity index (χ0n) is 7.05. The first-order valence-electron chi connectivity index (χ1n) is 3.46. The van der Waals surface area contributed by atoms with Gasteiger partial charge in [-0.3, -0.25) is 15.0 Å². The first-order chi connectivity index (χ1) is 5.61. The summed E-state index contributed by atoms with van der Waals surface area (Å²) in [5.41, 5.74) is 4.63. The maximum absolute atomic E-state index is 11.0. The van der Waals surface area contributed by atoms with Crippen molar-refractivity contribution in [3.63, 3.8) is 0 Å². The molecule has 0 rings (SSSR count). The van der Waals surface area contributed by atoms with Crippen LogP contribution in [0.5, 0.6) is 0 Å². The van der Waals surface area contributed by atoms with E-state index in [0.29, 0.717) is 0 Å². The Morgan fingerprint density at radius 3 is 2.42 bits per heavy atom. The molecule has 0 heterocycles. The first kappa shape index (κ1) is 10.9. The average Bonchev–Trinajstić information content (AvgIpc) is 2.00. The lowest BCUT2D eigenvalue weighted by atomic mass is 10.3. The van der Waals surface area contributed by atoms with Crippen molar-refractivity contribution in [2.24, 2.45) is 0 Å². The van der Waals surface area contributed by atoms with E-state index in [9.17, 15) is 9.59 Å². The second-order valence-electron chi connectivity index (χ2n) is 2.17. The van der Waals surface area contributed by atoms with E-state index in [2.05, 4.69) is 16.2 Å². The summed E-state index contributed by atoms with van der Waals surface area (Å²) < 4.78 is 0. The van der Waals surface area contributed by atoms with E-state index in [4.69, 9.17) is 5.11 Å². The molecular weight excluding hydrogens is 162 g/mol. The minimum atomic E-state index is -0.894. The fraction of sp³-hybridized carbons (Fsp3) is 0.667. The zero-order chi connectivity index (χ0) is 9.56. The Labute approximate surface area is 70.3 Å². The number of carbonyl (C=O) groups is 2. The first-order valence-corrected chi connectivity index (χ1v) is 3.46. The number of nitrogens with one attached hydrogen (secondary N) is 3. The molecule has 0 aromatic heterocycles. The molecule has 0 spiro atoms. The predicted molar refractivity (Wildman–Crippen MR) is 41.9 cm³/mol. The molecular formula is C6H13N3O3. The van der Waals surface area contributed by atoms with Crippen molar-refractivity contribution in [2.45, 2.75) is 13.0 Å². The van der Waals surface area contributed by atoms with Gasteiger partial charge in [0.15, 0.2) is 0 Å². The molecule has 0 aliphatic carbocycles. The van der Waals surface area contributed by atoms with Crippen molar-refractivity contribution in [3.05, 3.63) is 0 Å². The van der Waals surface area contributed by atoms with Crippen LogP contribution in [0.15, 0.2) is 0 Å². The van der Waals surface area contributed by atoms with Crippen molar-refractivity contribution < 1.29 is 14.7 Å². The summed E-state index contributed by atoms with van der Waals surface area (Å²) in [5, 5.41) is 10.9. The standard InChI is InChI=1S/C6H13N3O3/c1-4(11)8-5(3-10)6(12)9-7-2/h5,7,10H,3H2,1-2H3,(H,8,11)(H,9,12). The quantitative estimate of drug-likeness (QED) is 0.363. The SMILES string of the molecule is CNNC(=O)C(CO)NC(C)=O. The second-order valence-corrected chi connectivity index (χ2v) is 2.17. The summed E-state index contributed by atoms with van der Waals surface area (Å²) >= 11 is 0. The molecule has 6 heteroatoms. The highest BCUT2D eigenvalue weighted by molar-refractivity contribution is 5.86. The molecule has 0 saturated heterocycles. The van der Waals surface area contributed by atoms with Gasteiger partial charge in [-0.1, -0.05) is 0 Å². The van der Waals surface area contributed by atoms with Crippen LogP contribution >= 0.6 is 0 Å². The maximum Gasteiger partial charge on any atom is 0.259 e. The third-order valence-electron chi connectivity index (χ3n) is 1.12. The van der Waals surface area contributed by atoms with Crippen LogP contribution in [0.3, 0.4) is 0 Å². The molecule has 0 aliphatic rings. The Balaban J connectivity index is 3.96. The highest BCUT2D eigenvalue weighted by Gasteiger charge is 2.16. The topological polar surface area (TPSA) is 90.5 Å². The van der Waals surface area contributed by atoms with Gasteiger partial charge in [-0.25, -0.2) is 5.43 Å². The van der Waals surface area contributed by atoms with Gasteiger partial charge in [0.2, 0.25) is 5.91 Å². The smallest absolute Gasteiger partial charge is 0.259 e. The van der Waals surface area contributed by atoms with Crippen molar-refractivity contribution in [1.82, 2.24) is 16.2 Å².